The fraction of sp³-hybridized carbons (Fsp3) is 0.579. The number of nitrogens with one attached hydrogen (secondary N) is 1. The van der Waals surface area contributed by atoms with E-state index in [0.29, 0.717) is 5.56 Å². The van der Waals surface area contributed by atoms with Gasteiger partial charge in [0, 0.05) is 36.7 Å². The van der Waals surface area contributed by atoms with Gasteiger partial charge in [0.25, 0.3) is 0 Å². The van der Waals surface area contributed by atoms with Crippen LogP contribution in [0.2, 0.25) is 0 Å². The van der Waals surface area contributed by atoms with Crippen LogP contribution in [0.4, 0.5) is 0 Å². The van der Waals surface area contributed by atoms with Gasteiger partial charge in [0.2, 0.25) is 5.91 Å². The second-order valence-electron chi connectivity index (χ2n) is 7.43. The standard InChI is InChI=1S/C19H28N2O2/c1-13(2)17(22)16-8-6-15(7-9-16)14(3)18(23)21-11-10-20-19(4,5)12-21/h6-9,13-14,20H,10-12H2,1-5H3/t14-/m1/s1. The molecule has 0 saturated carbocycles. The smallest absolute Gasteiger partial charge is 0.229 e. The minimum absolute atomic E-state index is 0.0111. The van der Waals surface area contributed by atoms with Gasteiger partial charge in [-0.2, -0.15) is 0 Å². The van der Waals surface area contributed by atoms with E-state index in [4.69, 9.17) is 0 Å². The van der Waals surface area contributed by atoms with Gasteiger partial charge in [0.1, 0.15) is 0 Å². The van der Waals surface area contributed by atoms with Crippen molar-refractivity contribution in [3.05, 3.63) is 35.4 Å². The minimum atomic E-state index is -0.188. The van der Waals surface area contributed by atoms with E-state index in [1.807, 2.05) is 49.9 Å². The van der Waals surface area contributed by atoms with Crippen LogP contribution in [0.5, 0.6) is 0 Å². The maximum atomic E-state index is 12.7. The highest BCUT2D eigenvalue weighted by molar-refractivity contribution is 5.97. The number of rotatable bonds is 4. The Labute approximate surface area is 139 Å². The largest absolute Gasteiger partial charge is 0.339 e. The van der Waals surface area contributed by atoms with Gasteiger partial charge in [0.15, 0.2) is 5.78 Å². The van der Waals surface area contributed by atoms with E-state index in [1.54, 1.807) is 0 Å². The van der Waals surface area contributed by atoms with Crippen LogP contribution in [0.3, 0.4) is 0 Å². The average molecular weight is 316 g/mol. The quantitative estimate of drug-likeness (QED) is 0.869. The molecule has 4 nitrogen and oxygen atoms in total. The van der Waals surface area contributed by atoms with Gasteiger partial charge in [-0.05, 0) is 26.3 Å². The van der Waals surface area contributed by atoms with E-state index in [-0.39, 0.29) is 29.1 Å². The molecule has 0 aliphatic carbocycles. The van der Waals surface area contributed by atoms with E-state index >= 15 is 0 Å². The van der Waals surface area contributed by atoms with E-state index in [9.17, 15) is 9.59 Å². The predicted molar refractivity (Wildman–Crippen MR) is 92.7 cm³/mol. The lowest BCUT2D eigenvalue weighted by atomic mass is 9.94. The number of amides is 1. The normalized spacial score (nSPS) is 18.8. The number of benzene rings is 1. The molecule has 1 aliphatic rings. The van der Waals surface area contributed by atoms with E-state index in [0.717, 1.165) is 25.2 Å². The fourth-order valence-corrected chi connectivity index (χ4v) is 3.02. The zero-order valence-corrected chi connectivity index (χ0v) is 14.8. The van der Waals surface area contributed by atoms with Crippen molar-refractivity contribution in [3.8, 4) is 0 Å². The molecule has 0 bridgehead atoms. The van der Waals surface area contributed by atoms with Crippen LogP contribution in [0, 0.1) is 5.92 Å². The number of piperazine rings is 1. The molecule has 0 spiro atoms. The van der Waals surface area contributed by atoms with Gasteiger partial charge < -0.3 is 10.2 Å². The first kappa shape index (κ1) is 17.7. The number of hydrogen-bond acceptors (Lipinski definition) is 3. The Morgan fingerprint density at radius 2 is 1.74 bits per heavy atom. The Balaban J connectivity index is 2.09. The Kier molecular flexibility index (Phi) is 5.25. The van der Waals surface area contributed by atoms with Crippen LogP contribution in [0.25, 0.3) is 0 Å². The third kappa shape index (κ3) is 4.20. The summed E-state index contributed by atoms with van der Waals surface area (Å²) in [6, 6.07) is 7.49. The Morgan fingerprint density at radius 3 is 2.26 bits per heavy atom. The molecule has 0 aromatic heterocycles. The van der Waals surface area contributed by atoms with Crippen molar-refractivity contribution in [1.82, 2.24) is 10.2 Å². The molecule has 0 radical (unpaired) electrons. The van der Waals surface area contributed by atoms with E-state index in [2.05, 4.69) is 19.2 Å². The first-order valence-corrected chi connectivity index (χ1v) is 8.39. The third-order valence-electron chi connectivity index (χ3n) is 4.47. The summed E-state index contributed by atoms with van der Waals surface area (Å²) in [5.41, 5.74) is 1.64. The summed E-state index contributed by atoms with van der Waals surface area (Å²) >= 11 is 0. The molecule has 1 heterocycles. The van der Waals surface area contributed by atoms with Crippen molar-refractivity contribution in [1.29, 1.82) is 0 Å². The van der Waals surface area contributed by atoms with Crippen LogP contribution in [0.1, 0.15) is 56.5 Å². The lowest BCUT2D eigenvalue weighted by Gasteiger charge is -2.40. The van der Waals surface area contributed by atoms with Crippen LogP contribution in [-0.4, -0.2) is 41.8 Å². The topological polar surface area (TPSA) is 49.4 Å². The molecular formula is C19H28N2O2. The van der Waals surface area contributed by atoms with Crippen molar-refractivity contribution >= 4 is 11.7 Å². The van der Waals surface area contributed by atoms with Crippen LogP contribution in [0.15, 0.2) is 24.3 Å². The molecule has 1 aromatic carbocycles. The van der Waals surface area contributed by atoms with Gasteiger partial charge >= 0.3 is 0 Å². The van der Waals surface area contributed by atoms with Crippen molar-refractivity contribution in [2.75, 3.05) is 19.6 Å². The molecule has 1 atom stereocenters. The van der Waals surface area contributed by atoms with Gasteiger partial charge in [-0.25, -0.2) is 0 Å². The van der Waals surface area contributed by atoms with Crippen molar-refractivity contribution < 1.29 is 9.59 Å². The first-order valence-electron chi connectivity index (χ1n) is 8.39. The SMILES string of the molecule is CC(C)C(=O)c1ccc([C@@H](C)C(=O)N2CCNC(C)(C)C2)cc1. The lowest BCUT2D eigenvalue weighted by Crippen LogP contribution is -2.58. The number of carbonyl (C=O) groups is 2. The molecule has 23 heavy (non-hydrogen) atoms. The number of carbonyl (C=O) groups excluding carboxylic acids is 2. The zero-order valence-electron chi connectivity index (χ0n) is 14.8. The van der Waals surface area contributed by atoms with Crippen LogP contribution >= 0.6 is 0 Å². The number of nitrogens with zero attached hydrogens (tertiary/aromatic N) is 1. The summed E-state index contributed by atoms with van der Waals surface area (Å²) in [5, 5.41) is 3.42. The van der Waals surface area contributed by atoms with Crippen molar-refractivity contribution in [3.63, 3.8) is 0 Å². The summed E-state index contributed by atoms with van der Waals surface area (Å²) in [6.45, 7) is 12.3. The Morgan fingerprint density at radius 1 is 1.13 bits per heavy atom. The van der Waals surface area contributed by atoms with Crippen molar-refractivity contribution in [2.45, 2.75) is 46.1 Å². The zero-order chi connectivity index (χ0) is 17.2. The van der Waals surface area contributed by atoms with Crippen LogP contribution in [-0.2, 0) is 4.79 Å². The van der Waals surface area contributed by atoms with E-state index < -0.39 is 0 Å². The summed E-state index contributed by atoms with van der Waals surface area (Å²) in [7, 11) is 0. The maximum Gasteiger partial charge on any atom is 0.229 e. The second kappa shape index (κ2) is 6.83. The molecular weight excluding hydrogens is 288 g/mol. The Hall–Kier alpha value is -1.68. The molecule has 1 N–H and O–H groups in total. The molecule has 1 aromatic rings. The number of ketones is 1. The molecule has 1 saturated heterocycles. The number of Topliss-reactive ketones (excluding diaryl/α,β-unsaturated/α-hetero) is 1. The predicted octanol–water partition coefficient (Wildman–Crippen LogP) is 2.84. The van der Waals surface area contributed by atoms with Gasteiger partial charge in [0.05, 0.1) is 5.92 Å². The third-order valence-corrected chi connectivity index (χ3v) is 4.47. The lowest BCUT2D eigenvalue weighted by molar-refractivity contribution is -0.134. The summed E-state index contributed by atoms with van der Waals surface area (Å²) in [5.74, 6) is 0.0944. The fourth-order valence-electron chi connectivity index (χ4n) is 3.02. The molecule has 4 heteroatoms. The number of hydrogen-bond donors (Lipinski definition) is 1. The first-order chi connectivity index (χ1) is 10.7. The monoisotopic (exact) mass is 316 g/mol. The second-order valence-corrected chi connectivity index (χ2v) is 7.43. The molecule has 126 valence electrons. The highest BCUT2D eigenvalue weighted by Gasteiger charge is 2.31. The highest BCUT2D eigenvalue weighted by Crippen LogP contribution is 2.22. The van der Waals surface area contributed by atoms with Gasteiger partial charge in [-0.15, -0.1) is 0 Å². The molecule has 1 aliphatic heterocycles. The van der Waals surface area contributed by atoms with Crippen LogP contribution < -0.4 is 5.32 Å². The Bertz CT molecular complexity index is 576. The van der Waals surface area contributed by atoms with E-state index in [1.165, 1.54) is 0 Å². The average Bonchev–Trinajstić information content (AvgIpc) is 2.51. The minimum Gasteiger partial charge on any atom is -0.339 e. The molecule has 2 rings (SSSR count). The molecule has 1 amide bonds. The molecule has 1 fully saturated rings. The van der Waals surface area contributed by atoms with Gasteiger partial charge in [-0.1, -0.05) is 38.1 Å². The summed E-state index contributed by atoms with van der Waals surface area (Å²) in [6.07, 6.45) is 0. The van der Waals surface area contributed by atoms with Gasteiger partial charge in [-0.3, -0.25) is 9.59 Å². The highest BCUT2D eigenvalue weighted by atomic mass is 16.2. The maximum absolute atomic E-state index is 12.7. The van der Waals surface area contributed by atoms with Crippen molar-refractivity contribution in [2.24, 2.45) is 5.92 Å². The summed E-state index contributed by atoms with van der Waals surface area (Å²) < 4.78 is 0. The summed E-state index contributed by atoms with van der Waals surface area (Å²) in [4.78, 5) is 26.7. The molecule has 0 unspecified atom stereocenters.